The van der Waals surface area contributed by atoms with Crippen molar-refractivity contribution in [1.29, 1.82) is 0 Å². The van der Waals surface area contributed by atoms with Crippen molar-refractivity contribution in [3.63, 3.8) is 0 Å². The predicted octanol–water partition coefficient (Wildman–Crippen LogP) is 5.49. The van der Waals surface area contributed by atoms with Gasteiger partial charge in [0.2, 0.25) is 0 Å². The van der Waals surface area contributed by atoms with Crippen LogP contribution in [0.25, 0.3) is 5.70 Å². The second-order valence-electron chi connectivity index (χ2n) is 7.03. The van der Waals surface area contributed by atoms with Gasteiger partial charge >= 0.3 is 6.18 Å². The molecule has 1 aromatic rings. The first-order valence-electron chi connectivity index (χ1n) is 10.0. The first kappa shape index (κ1) is 23.5. The summed E-state index contributed by atoms with van der Waals surface area (Å²) in [7, 11) is 1.83. The van der Waals surface area contributed by atoms with Crippen LogP contribution < -0.4 is 5.32 Å². The summed E-state index contributed by atoms with van der Waals surface area (Å²) >= 11 is 0. The van der Waals surface area contributed by atoms with E-state index >= 15 is 0 Å². The van der Waals surface area contributed by atoms with E-state index in [9.17, 15) is 13.2 Å². The number of alkyl halides is 3. The van der Waals surface area contributed by atoms with Gasteiger partial charge in [-0.2, -0.15) is 13.2 Å². The van der Waals surface area contributed by atoms with Gasteiger partial charge in [-0.3, -0.25) is 4.99 Å². The number of pyridine rings is 1. The highest BCUT2D eigenvalue weighted by Crippen LogP contribution is 2.38. The highest BCUT2D eigenvalue weighted by molar-refractivity contribution is 5.82. The van der Waals surface area contributed by atoms with E-state index in [0.717, 1.165) is 41.7 Å². The fraction of sp³-hybridized carbons (Fsp3) is 0.455. The number of fused-ring (bicyclic) bond motifs is 1. The summed E-state index contributed by atoms with van der Waals surface area (Å²) in [6.07, 6.45) is 6.13. The molecule has 164 valence electrons. The Morgan fingerprint density at radius 3 is 2.83 bits per heavy atom. The number of unbranched alkanes of at least 4 members (excludes halogenated alkanes) is 1. The molecule has 2 rings (SSSR count). The van der Waals surface area contributed by atoms with Gasteiger partial charge in [0.1, 0.15) is 5.82 Å². The first-order valence-corrected chi connectivity index (χ1v) is 10.0. The lowest BCUT2D eigenvalue weighted by Crippen LogP contribution is -2.29. The molecule has 0 radical (unpaired) electrons. The standard InChI is InChI=1S/C22H29F3N4O/c1-4-5-8-20-18-9-11-28-21(26-3)19(18)15-29(20)16(2)17(7-6-13-30)14-27-12-10-22(23,24)25/h6-9,11,13-14,16,30H,4-5,10,12,15H2,1-3H3,(H,26,28)/b13-6+,17-7+,20-8+,27-14-. The Morgan fingerprint density at radius 2 is 2.20 bits per heavy atom. The van der Waals surface area contributed by atoms with Gasteiger partial charge in [-0.25, -0.2) is 4.98 Å². The molecule has 0 amide bonds. The van der Waals surface area contributed by atoms with Crippen molar-refractivity contribution >= 4 is 17.7 Å². The normalized spacial score (nSPS) is 17.3. The third kappa shape index (κ3) is 6.11. The van der Waals surface area contributed by atoms with E-state index in [2.05, 4.69) is 33.2 Å². The monoisotopic (exact) mass is 422 g/mol. The van der Waals surface area contributed by atoms with Gasteiger partial charge in [0.05, 0.1) is 18.7 Å². The number of nitrogens with one attached hydrogen (secondary N) is 1. The molecule has 1 aliphatic rings. The lowest BCUT2D eigenvalue weighted by molar-refractivity contribution is -0.132. The summed E-state index contributed by atoms with van der Waals surface area (Å²) in [6.45, 7) is 4.37. The topological polar surface area (TPSA) is 60.8 Å². The lowest BCUT2D eigenvalue weighted by atomic mass is 10.1. The van der Waals surface area contributed by atoms with Crippen LogP contribution in [-0.4, -0.2) is 47.0 Å². The van der Waals surface area contributed by atoms with Crippen LogP contribution in [0.2, 0.25) is 0 Å². The zero-order valence-electron chi connectivity index (χ0n) is 17.6. The van der Waals surface area contributed by atoms with Crippen molar-refractivity contribution in [1.82, 2.24) is 9.88 Å². The molecule has 0 aromatic carbocycles. The summed E-state index contributed by atoms with van der Waals surface area (Å²) < 4.78 is 37.3. The summed E-state index contributed by atoms with van der Waals surface area (Å²) in [6, 6.07) is 1.81. The van der Waals surface area contributed by atoms with Crippen LogP contribution in [0.1, 0.15) is 44.2 Å². The SMILES string of the molecule is CCC/C=C1\c2ccnc(NC)c2CN1C(C)C(/C=N\CCC(F)(F)F)=C/C=C/O. The van der Waals surface area contributed by atoms with Crippen LogP contribution in [0.15, 0.2) is 47.3 Å². The summed E-state index contributed by atoms with van der Waals surface area (Å²) in [5.41, 5.74) is 3.96. The summed E-state index contributed by atoms with van der Waals surface area (Å²) in [4.78, 5) is 10.6. The molecular weight excluding hydrogens is 393 g/mol. The minimum absolute atomic E-state index is 0.170. The molecule has 0 fully saturated rings. The third-order valence-corrected chi connectivity index (χ3v) is 4.92. The van der Waals surface area contributed by atoms with Crippen molar-refractivity contribution in [3.05, 3.63) is 53.5 Å². The van der Waals surface area contributed by atoms with E-state index in [1.165, 1.54) is 12.3 Å². The van der Waals surface area contributed by atoms with Gasteiger partial charge in [0, 0.05) is 49.4 Å². The van der Waals surface area contributed by atoms with Gasteiger partial charge in [-0.05, 0) is 31.1 Å². The second kappa shape index (κ2) is 10.8. The number of rotatable bonds is 9. The van der Waals surface area contributed by atoms with Crippen LogP contribution in [-0.2, 0) is 6.54 Å². The average Bonchev–Trinajstić information content (AvgIpc) is 3.09. The van der Waals surface area contributed by atoms with E-state index in [1.807, 2.05) is 20.0 Å². The molecule has 0 saturated carbocycles. The molecule has 2 heterocycles. The Kier molecular flexibility index (Phi) is 8.50. The molecule has 1 atom stereocenters. The number of aliphatic hydroxyl groups excluding tert-OH is 1. The van der Waals surface area contributed by atoms with Gasteiger partial charge in [0.25, 0.3) is 0 Å². The molecule has 0 saturated heterocycles. The van der Waals surface area contributed by atoms with Gasteiger partial charge in [-0.1, -0.05) is 25.5 Å². The van der Waals surface area contributed by atoms with Crippen molar-refractivity contribution in [3.8, 4) is 0 Å². The minimum atomic E-state index is -4.24. The average molecular weight is 422 g/mol. The maximum atomic E-state index is 12.4. The maximum absolute atomic E-state index is 12.4. The van der Waals surface area contributed by atoms with Gasteiger partial charge in [0.15, 0.2) is 0 Å². The van der Waals surface area contributed by atoms with Crippen molar-refractivity contribution in [2.75, 3.05) is 18.9 Å². The highest BCUT2D eigenvalue weighted by atomic mass is 19.4. The fourth-order valence-corrected chi connectivity index (χ4v) is 3.36. The van der Waals surface area contributed by atoms with E-state index in [1.54, 1.807) is 12.3 Å². The van der Waals surface area contributed by atoms with Crippen LogP contribution in [0.4, 0.5) is 19.0 Å². The summed E-state index contributed by atoms with van der Waals surface area (Å²) in [5, 5.41) is 12.2. The zero-order valence-corrected chi connectivity index (χ0v) is 17.6. The number of nitrogens with zero attached hydrogens (tertiary/aromatic N) is 3. The quantitative estimate of drug-likeness (QED) is 0.314. The molecule has 1 aliphatic heterocycles. The Bertz CT molecular complexity index is 828. The number of anilines is 1. The Hall–Kier alpha value is -2.77. The van der Waals surface area contributed by atoms with Crippen LogP contribution in [0, 0.1) is 0 Å². The molecule has 2 N–H and O–H groups in total. The molecule has 0 spiro atoms. The predicted molar refractivity (Wildman–Crippen MR) is 116 cm³/mol. The smallest absolute Gasteiger partial charge is 0.390 e. The number of hydrogen-bond donors (Lipinski definition) is 2. The molecule has 0 bridgehead atoms. The Morgan fingerprint density at radius 1 is 1.43 bits per heavy atom. The van der Waals surface area contributed by atoms with Crippen molar-refractivity contribution in [2.24, 2.45) is 4.99 Å². The van der Waals surface area contributed by atoms with E-state index in [0.29, 0.717) is 12.1 Å². The Balaban J connectivity index is 2.33. The van der Waals surface area contributed by atoms with Crippen molar-refractivity contribution < 1.29 is 18.3 Å². The molecule has 1 aromatic heterocycles. The number of aromatic nitrogens is 1. The highest BCUT2D eigenvalue weighted by Gasteiger charge is 2.31. The molecule has 0 aliphatic carbocycles. The fourth-order valence-electron chi connectivity index (χ4n) is 3.36. The molecule has 1 unspecified atom stereocenters. The van der Waals surface area contributed by atoms with Crippen LogP contribution in [0.3, 0.4) is 0 Å². The van der Waals surface area contributed by atoms with Gasteiger partial charge in [-0.15, -0.1) is 0 Å². The van der Waals surface area contributed by atoms with Crippen LogP contribution >= 0.6 is 0 Å². The largest absolute Gasteiger partial charge is 0.516 e. The minimum Gasteiger partial charge on any atom is -0.516 e. The summed E-state index contributed by atoms with van der Waals surface area (Å²) in [5.74, 6) is 0.809. The van der Waals surface area contributed by atoms with Crippen molar-refractivity contribution in [2.45, 2.75) is 51.9 Å². The van der Waals surface area contributed by atoms with E-state index in [-0.39, 0.29) is 12.6 Å². The number of aliphatic imine (C=N–C) groups is 1. The van der Waals surface area contributed by atoms with Crippen LogP contribution in [0.5, 0.6) is 0 Å². The lowest BCUT2D eigenvalue weighted by Gasteiger charge is -2.29. The van der Waals surface area contributed by atoms with Gasteiger partial charge < -0.3 is 15.3 Å². The zero-order chi connectivity index (χ0) is 22.1. The number of hydrogen-bond acceptors (Lipinski definition) is 5. The number of halogens is 3. The molecule has 30 heavy (non-hydrogen) atoms. The molecule has 5 nitrogen and oxygen atoms in total. The second-order valence-corrected chi connectivity index (χ2v) is 7.03. The molecule has 8 heteroatoms. The van der Waals surface area contributed by atoms with E-state index < -0.39 is 12.6 Å². The number of aliphatic hydroxyl groups is 1. The first-order chi connectivity index (χ1) is 14.3. The number of allylic oxidation sites excluding steroid dienone is 3. The third-order valence-electron chi connectivity index (χ3n) is 4.92. The van der Waals surface area contributed by atoms with E-state index in [4.69, 9.17) is 5.11 Å². The molecular formula is C22H29F3N4O. The Labute approximate surface area is 175 Å². The maximum Gasteiger partial charge on any atom is 0.390 e.